The van der Waals surface area contributed by atoms with Crippen molar-refractivity contribution in [2.75, 3.05) is 10.6 Å². The summed E-state index contributed by atoms with van der Waals surface area (Å²) in [5.74, 6) is 0.750. The molecule has 8 nitrogen and oxygen atoms in total. The summed E-state index contributed by atoms with van der Waals surface area (Å²) in [4.78, 5) is 32.8. The summed E-state index contributed by atoms with van der Waals surface area (Å²) in [5, 5.41) is 10.3. The fourth-order valence-corrected chi connectivity index (χ4v) is 3.60. The van der Waals surface area contributed by atoms with Crippen molar-refractivity contribution in [3.8, 4) is 5.95 Å². The summed E-state index contributed by atoms with van der Waals surface area (Å²) in [6.45, 7) is 8.11. The van der Waals surface area contributed by atoms with E-state index in [2.05, 4.69) is 25.7 Å². The van der Waals surface area contributed by atoms with Gasteiger partial charge in [0.25, 0.3) is 5.56 Å². The van der Waals surface area contributed by atoms with Gasteiger partial charge in [-0.3, -0.25) is 15.1 Å². The van der Waals surface area contributed by atoms with Crippen molar-refractivity contribution in [1.82, 2.24) is 19.7 Å². The number of aryl methyl sites for hydroxylation is 2. The first-order chi connectivity index (χ1) is 14.7. The first-order valence-corrected chi connectivity index (χ1v) is 10.6. The number of H-pyrrole nitrogens is 1. The maximum Gasteiger partial charge on any atom is 0.324 e. The summed E-state index contributed by atoms with van der Waals surface area (Å²) < 4.78 is 1.51. The summed E-state index contributed by atoms with van der Waals surface area (Å²) in [5.41, 5.74) is 3.76. The van der Waals surface area contributed by atoms with Crippen LogP contribution < -0.4 is 16.2 Å². The van der Waals surface area contributed by atoms with E-state index in [0.717, 1.165) is 48.2 Å². The third-order valence-electron chi connectivity index (χ3n) is 5.41. The molecule has 2 heterocycles. The summed E-state index contributed by atoms with van der Waals surface area (Å²) in [6, 6.07) is 8.96. The minimum Gasteiger partial charge on any atom is -0.308 e. The molecular formula is C23H28N6O2. The van der Waals surface area contributed by atoms with Gasteiger partial charge in [-0.2, -0.15) is 9.78 Å². The van der Waals surface area contributed by atoms with E-state index in [1.165, 1.54) is 4.68 Å². The molecule has 0 unspecified atom stereocenters. The molecule has 3 N–H and O–H groups in total. The lowest BCUT2D eigenvalue weighted by Crippen LogP contribution is -2.26. The number of carbonyl (C=O) groups is 1. The lowest BCUT2D eigenvalue weighted by atomic mass is 9.92. The number of nitrogens with one attached hydrogen (secondary N) is 3. The number of hydrogen-bond donors (Lipinski definition) is 3. The van der Waals surface area contributed by atoms with E-state index in [4.69, 9.17) is 0 Å². The van der Waals surface area contributed by atoms with Crippen LogP contribution >= 0.6 is 0 Å². The molecule has 0 spiro atoms. The highest BCUT2D eigenvalue weighted by Gasteiger charge is 2.24. The molecule has 0 atom stereocenters. The molecule has 2 amide bonds. The number of carbonyl (C=O) groups excluding carboxylic acids is 1. The summed E-state index contributed by atoms with van der Waals surface area (Å²) >= 11 is 0. The second-order valence-electron chi connectivity index (χ2n) is 9.04. The van der Waals surface area contributed by atoms with Crippen LogP contribution in [0.5, 0.6) is 0 Å². The van der Waals surface area contributed by atoms with Gasteiger partial charge in [0.05, 0.1) is 11.4 Å². The molecule has 0 fully saturated rings. The Morgan fingerprint density at radius 2 is 1.81 bits per heavy atom. The van der Waals surface area contributed by atoms with Crippen molar-refractivity contribution < 1.29 is 4.79 Å². The highest BCUT2D eigenvalue weighted by molar-refractivity contribution is 5.99. The van der Waals surface area contributed by atoms with E-state index in [0.29, 0.717) is 17.5 Å². The van der Waals surface area contributed by atoms with Crippen LogP contribution in [-0.4, -0.2) is 25.8 Å². The Morgan fingerprint density at radius 1 is 1.10 bits per heavy atom. The molecule has 0 saturated carbocycles. The molecule has 0 bridgehead atoms. The van der Waals surface area contributed by atoms with Crippen molar-refractivity contribution >= 4 is 17.5 Å². The van der Waals surface area contributed by atoms with Crippen molar-refractivity contribution in [3.63, 3.8) is 0 Å². The fraction of sp³-hybridized carbons (Fsp3) is 0.391. The third-order valence-corrected chi connectivity index (χ3v) is 5.41. The third kappa shape index (κ3) is 4.52. The number of hydrogen-bond acceptors (Lipinski definition) is 4. The first-order valence-electron chi connectivity index (χ1n) is 10.6. The molecule has 3 aromatic rings. The smallest absolute Gasteiger partial charge is 0.308 e. The predicted octanol–water partition coefficient (Wildman–Crippen LogP) is 4.08. The quantitative estimate of drug-likeness (QED) is 0.594. The van der Waals surface area contributed by atoms with Gasteiger partial charge in [0.15, 0.2) is 0 Å². The summed E-state index contributed by atoms with van der Waals surface area (Å²) in [6.07, 6.45) is 3.53. The van der Waals surface area contributed by atoms with E-state index < -0.39 is 6.03 Å². The van der Waals surface area contributed by atoms with Crippen molar-refractivity contribution in [2.24, 2.45) is 0 Å². The minimum absolute atomic E-state index is 0.137. The number of rotatable bonds is 3. The number of aromatic nitrogens is 4. The van der Waals surface area contributed by atoms with Crippen LogP contribution in [0.15, 0.2) is 35.1 Å². The Bertz CT molecular complexity index is 1170. The maximum atomic E-state index is 12.7. The van der Waals surface area contributed by atoms with Gasteiger partial charge >= 0.3 is 6.03 Å². The largest absolute Gasteiger partial charge is 0.324 e. The molecule has 162 valence electrons. The van der Waals surface area contributed by atoms with Crippen molar-refractivity contribution in [1.29, 1.82) is 0 Å². The molecular weight excluding hydrogens is 392 g/mol. The molecule has 0 aliphatic heterocycles. The standard InChI is InChI=1S/C23H28N6O2/c1-14-9-11-15(12-10-14)24-22(31)26-19-13-18(23(2,3)4)28-29(19)21-25-17-8-6-5-7-16(17)20(30)27-21/h9-13H,5-8H2,1-4H3,(H2,24,26,31)(H,25,27,30). The number of amides is 2. The van der Waals surface area contributed by atoms with Gasteiger partial charge < -0.3 is 5.32 Å². The topological polar surface area (TPSA) is 105 Å². The van der Waals surface area contributed by atoms with Gasteiger partial charge in [0, 0.05) is 22.7 Å². The Morgan fingerprint density at radius 3 is 2.52 bits per heavy atom. The Balaban J connectivity index is 1.68. The predicted molar refractivity (Wildman–Crippen MR) is 121 cm³/mol. The zero-order valence-electron chi connectivity index (χ0n) is 18.4. The van der Waals surface area contributed by atoms with Crippen molar-refractivity contribution in [2.45, 2.75) is 58.8 Å². The minimum atomic E-state index is -0.397. The first kappa shape index (κ1) is 20.8. The van der Waals surface area contributed by atoms with Gasteiger partial charge in [0.1, 0.15) is 5.82 Å². The van der Waals surface area contributed by atoms with Gasteiger partial charge in [-0.15, -0.1) is 0 Å². The van der Waals surface area contributed by atoms with Gasteiger partial charge in [-0.25, -0.2) is 9.78 Å². The molecule has 1 aliphatic carbocycles. The molecule has 4 rings (SSSR count). The second kappa shape index (κ2) is 8.02. The van der Waals surface area contributed by atoms with Crippen molar-refractivity contribution in [3.05, 3.63) is 63.2 Å². The fourth-order valence-electron chi connectivity index (χ4n) is 3.60. The highest BCUT2D eigenvalue weighted by Crippen LogP contribution is 2.26. The second-order valence-corrected chi connectivity index (χ2v) is 9.04. The van der Waals surface area contributed by atoms with E-state index in [1.54, 1.807) is 0 Å². The number of anilines is 2. The number of aromatic amines is 1. The Hall–Kier alpha value is -3.42. The highest BCUT2D eigenvalue weighted by atomic mass is 16.2. The molecule has 1 aliphatic rings. The Kier molecular flexibility index (Phi) is 5.39. The molecule has 31 heavy (non-hydrogen) atoms. The Labute approximate surface area is 181 Å². The van der Waals surface area contributed by atoms with Crippen LogP contribution in [0.2, 0.25) is 0 Å². The lowest BCUT2D eigenvalue weighted by Gasteiger charge is -2.16. The molecule has 1 aromatic carbocycles. The van der Waals surface area contributed by atoms with Crippen LogP contribution in [-0.2, 0) is 18.3 Å². The molecule has 8 heteroatoms. The average Bonchev–Trinajstić information content (AvgIpc) is 3.14. The van der Waals surface area contributed by atoms with Crippen LogP contribution in [0, 0.1) is 6.92 Å². The lowest BCUT2D eigenvalue weighted by molar-refractivity contribution is 0.262. The maximum absolute atomic E-state index is 12.7. The SMILES string of the molecule is Cc1ccc(NC(=O)Nc2cc(C(C)(C)C)nn2-c2nc3c(c(=O)[nH]2)CCCC3)cc1. The molecule has 0 radical (unpaired) electrons. The zero-order valence-corrected chi connectivity index (χ0v) is 18.4. The van der Waals surface area contributed by atoms with E-state index in [9.17, 15) is 9.59 Å². The average molecular weight is 421 g/mol. The number of benzene rings is 1. The summed E-state index contributed by atoms with van der Waals surface area (Å²) in [7, 11) is 0. The molecule has 0 saturated heterocycles. The normalized spacial score (nSPS) is 13.5. The van der Waals surface area contributed by atoms with E-state index in [-0.39, 0.29) is 11.0 Å². The van der Waals surface area contributed by atoms with Gasteiger partial charge in [0.2, 0.25) is 5.95 Å². The molecule has 2 aromatic heterocycles. The van der Waals surface area contributed by atoms with Crippen LogP contribution in [0.1, 0.15) is 56.1 Å². The van der Waals surface area contributed by atoms with Crippen LogP contribution in [0.25, 0.3) is 5.95 Å². The number of urea groups is 1. The van der Waals surface area contributed by atoms with E-state index >= 15 is 0 Å². The zero-order chi connectivity index (χ0) is 22.2. The number of nitrogens with zero attached hydrogens (tertiary/aromatic N) is 3. The van der Waals surface area contributed by atoms with Gasteiger partial charge in [-0.1, -0.05) is 38.5 Å². The number of fused-ring (bicyclic) bond motifs is 1. The van der Waals surface area contributed by atoms with Gasteiger partial charge in [-0.05, 0) is 44.7 Å². The van der Waals surface area contributed by atoms with Crippen LogP contribution in [0.4, 0.5) is 16.3 Å². The van der Waals surface area contributed by atoms with Crippen LogP contribution in [0.3, 0.4) is 0 Å². The monoisotopic (exact) mass is 420 g/mol. The van der Waals surface area contributed by atoms with E-state index in [1.807, 2.05) is 58.0 Å².